The lowest BCUT2D eigenvalue weighted by Crippen LogP contribution is -2.18. The van der Waals surface area contributed by atoms with Crippen molar-refractivity contribution in [2.75, 3.05) is 33.6 Å². The van der Waals surface area contributed by atoms with Gasteiger partial charge in [-0.05, 0) is 23.8 Å². The smallest absolute Gasteiger partial charge is 0.306 e. The fraction of sp³-hybridized carbons (Fsp3) is 0.318. The Morgan fingerprint density at radius 1 is 1.18 bits per heavy atom. The number of fused-ring (bicyclic) bond motifs is 2. The number of halogens is 1. The number of amides is 1. The van der Waals surface area contributed by atoms with Crippen molar-refractivity contribution in [2.45, 2.75) is 13.1 Å². The summed E-state index contributed by atoms with van der Waals surface area (Å²) in [7, 11) is -0.715. The van der Waals surface area contributed by atoms with E-state index in [2.05, 4.69) is 15.6 Å². The molecule has 0 spiro atoms. The minimum atomic E-state index is -3.81. The fourth-order valence-corrected chi connectivity index (χ4v) is 4.39. The third kappa shape index (κ3) is 5.09. The van der Waals surface area contributed by atoms with Gasteiger partial charge < -0.3 is 29.3 Å². The standard InChI is InChI=1S/C22H25N3O6S.ClH/c1-29-8-7-23-11-13-5-4-6-17-14(13)9-18(25-17)15-10-19(30-2)21(31-32(3,27)28)16-12-24-22(26)20(15)16;/h4-6,9-10,23,25H,7-8,11-12H2,1-3H3,(H,24,26);1H. The second-order valence-corrected chi connectivity index (χ2v) is 9.09. The lowest BCUT2D eigenvalue weighted by atomic mass is 9.98. The Morgan fingerprint density at radius 3 is 2.67 bits per heavy atom. The average Bonchev–Trinajstić information content (AvgIpc) is 3.35. The highest BCUT2D eigenvalue weighted by atomic mass is 35.5. The zero-order valence-electron chi connectivity index (χ0n) is 18.5. The quantitative estimate of drug-likeness (QED) is 0.308. The first-order valence-corrected chi connectivity index (χ1v) is 11.9. The predicted octanol–water partition coefficient (Wildman–Crippen LogP) is 2.58. The van der Waals surface area contributed by atoms with E-state index >= 15 is 0 Å². The molecule has 4 rings (SSSR count). The van der Waals surface area contributed by atoms with Crippen molar-refractivity contribution in [2.24, 2.45) is 0 Å². The minimum Gasteiger partial charge on any atom is -0.493 e. The van der Waals surface area contributed by atoms with Gasteiger partial charge in [-0.3, -0.25) is 4.79 Å². The summed E-state index contributed by atoms with van der Waals surface area (Å²) < 4.78 is 39.2. The van der Waals surface area contributed by atoms with Gasteiger partial charge in [0.25, 0.3) is 5.91 Å². The van der Waals surface area contributed by atoms with Gasteiger partial charge in [-0.1, -0.05) is 12.1 Å². The molecule has 0 fully saturated rings. The Morgan fingerprint density at radius 2 is 1.97 bits per heavy atom. The van der Waals surface area contributed by atoms with Crippen molar-refractivity contribution in [3.8, 4) is 22.8 Å². The molecule has 1 amide bonds. The molecule has 178 valence electrons. The van der Waals surface area contributed by atoms with Gasteiger partial charge >= 0.3 is 10.1 Å². The molecular formula is C22H26ClN3O6S. The van der Waals surface area contributed by atoms with E-state index in [4.69, 9.17) is 13.7 Å². The van der Waals surface area contributed by atoms with Crippen LogP contribution in [0.2, 0.25) is 0 Å². The Labute approximate surface area is 198 Å². The van der Waals surface area contributed by atoms with E-state index in [0.717, 1.165) is 35.0 Å². The Kier molecular flexibility index (Phi) is 7.53. The maximum atomic E-state index is 12.7. The molecule has 0 bridgehead atoms. The van der Waals surface area contributed by atoms with Crippen molar-refractivity contribution >= 4 is 39.3 Å². The zero-order valence-corrected chi connectivity index (χ0v) is 20.1. The molecule has 0 unspecified atom stereocenters. The summed E-state index contributed by atoms with van der Waals surface area (Å²) in [5.74, 6) is -0.0249. The largest absolute Gasteiger partial charge is 0.493 e. The van der Waals surface area contributed by atoms with Crippen LogP contribution < -0.4 is 19.6 Å². The van der Waals surface area contributed by atoms with Crippen LogP contribution in [0.15, 0.2) is 30.3 Å². The van der Waals surface area contributed by atoms with E-state index in [-0.39, 0.29) is 36.4 Å². The van der Waals surface area contributed by atoms with Gasteiger partial charge in [0, 0.05) is 54.5 Å². The number of carbonyl (C=O) groups is 1. The summed E-state index contributed by atoms with van der Waals surface area (Å²) >= 11 is 0. The van der Waals surface area contributed by atoms with Crippen LogP contribution in [0.3, 0.4) is 0 Å². The molecule has 2 heterocycles. The number of carbonyl (C=O) groups excluding carboxylic acids is 1. The van der Waals surface area contributed by atoms with Crippen molar-refractivity contribution in [1.82, 2.24) is 15.6 Å². The number of rotatable bonds is 9. The van der Waals surface area contributed by atoms with Gasteiger partial charge in [0.15, 0.2) is 11.5 Å². The molecule has 0 atom stereocenters. The molecule has 1 aliphatic heterocycles. The summed E-state index contributed by atoms with van der Waals surface area (Å²) in [6.45, 7) is 2.17. The van der Waals surface area contributed by atoms with E-state index in [9.17, 15) is 13.2 Å². The SMILES string of the molecule is COCCNCc1cccc2[nH]c(-c3cc(OC)c(OS(C)(=O)=O)c4c3C(=O)NC4)cc12.Cl. The first kappa shape index (κ1) is 24.8. The van der Waals surface area contributed by atoms with E-state index in [0.29, 0.717) is 29.8 Å². The highest BCUT2D eigenvalue weighted by molar-refractivity contribution is 7.86. The van der Waals surface area contributed by atoms with Crippen molar-refractivity contribution in [3.05, 3.63) is 47.0 Å². The molecule has 1 aromatic heterocycles. The summed E-state index contributed by atoms with van der Waals surface area (Å²) in [5, 5.41) is 7.12. The third-order valence-electron chi connectivity index (χ3n) is 5.29. The predicted molar refractivity (Wildman–Crippen MR) is 128 cm³/mol. The molecule has 0 saturated carbocycles. The number of hydrogen-bond acceptors (Lipinski definition) is 7. The molecule has 11 heteroatoms. The molecule has 0 saturated heterocycles. The van der Waals surface area contributed by atoms with Gasteiger partial charge in [-0.15, -0.1) is 12.4 Å². The normalized spacial score (nSPS) is 12.9. The number of ether oxygens (including phenoxy) is 2. The first-order chi connectivity index (χ1) is 15.3. The molecular weight excluding hydrogens is 470 g/mol. The maximum Gasteiger partial charge on any atom is 0.306 e. The van der Waals surface area contributed by atoms with Crippen LogP contribution in [-0.4, -0.2) is 52.9 Å². The summed E-state index contributed by atoms with van der Waals surface area (Å²) in [4.78, 5) is 16.0. The molecule has 1 aliphatic rings. The lowest BCUT2D eigenvalue weighted by Gasteiger charge is -2.15. The van der Waals surface area contributed by atoms with Gasteiger partial charge in [0.1, 0.15) is 0 Å². The maximum absolute atomic E-state index is 12.7. The number of hydrogen-bond donors (Lipinski definition) is 3. The van der Waals surface area contributed by atoms with Crippen LogP contribution in [-0.2, 0) is 27.9 Å². The van der Waals surface area contributed by atoms with E-state index in [1.807, 2.05) is 24.3 Å². The molecule has 9 nitrogen and oxygen atoms in total. The molecule has 3 aromatic rings. The number of methoxy groups -OCH3 is 2. The molecule has 2 aromatic carbocycles. The van der Waals surface area contributed by atoms with Crippen LogP contribution in [0.5, 0.6) is 11.5 Å². The Bertz CT molecular complexity index is 1290. The monoisotopic (exact) mass is 495 g/mol. The summed E-state index contributed by atoms with van der Waals surface area (Å²) in [6, 6.07) is 9.60. The van der Waals surface area contributed by atoms with Gasteiger partial charge in [0.2, 0.25) is 0 Å². The molecule has 33 heavy (non-hydrogen) atoms. The Hall–Kier alpha value is -2.79. The van der Waals surface area contributed by atoms with Crippen LogP contribution in [0, 0.1) is 0 Å². The highest BCUT2D eigenvalue weighted by Gasteiger charge is 2.32. The number of aromatic amines is 1. The topological polar surface area (TPSA) is 119 Å². The van der Waals surface area contributed by atoms with Crippen molar-refractivity contribution in [3.63, 3.8) is 0 Å². The van der Waals surface area contributed by atoms with Crippen LogP contribution in [0.25, 0.3) is 22.2 Å². The van der Waals surface area contributed by atoms with Crippen molar-refractivity contribution in [1.29, 1.82) is 0 Å². The lowest BCUT2D eigenvalue weighted by molar-refractivity contribution is 0.0966. The number of aromatic nitrogens is 1. The fourth-order valence-electron chi connectivity index (χ4n) is 3.90. The van der Waals surface area contributed by atoms with Gasteiger partial charge in [-0.25, -0.2) is 0 Å². The van der Waals surface area contributed by atoms with Crippen LogP contribution >= 0.6 is 12.4 Å². The summed E-state index contributed by atoms with van der Waals surface area (Å²) in [6.07, 6.45) is 0.955. The van der Waals surface area contributed by atoms with E-state index in [1.165, 1.54) is 7.11 Å². The molecule has 0 aliphatic carbocycles. The number of H-pyrrole nitrogens is 1. The molecule has 0 radical (unpaired) electrons. The second kappa shape index (κ2) is 10.0. The van der Waals surface area contributed by atoms with Gasteiger partial charge in [0.05, 0.1) is 25.5 Å². The Balaban J connectivity index is 0.00000306. The third-order valence-corrected chi connectivity index (χ3v) is 5.76. The minimum absolute atomic E-state index is 0. The van der Waals surface area contributed by atoms with Crippen molar-refractivity contribution < 1.29 is 26.9 Å². The van der Waals surface area contributed by atoms with Crippen LogP contribution in [0.4, 0.5) is 0 Å². The number of benzene rings is 2. The summed E-state index contributed by atoms with van der Waals surface area (Å²) in [5.41, 5.74) is 4.19. The second-order valence-electron chi connectivity index (χ2n) is 7.51. The van der Waals surface area contributed by atoms with Crippen LogP contribution in [0.1, 0.15) is 21.5 Å². The molecule has 3 N–H and O–H groups in total. The first-order valence-electron chi connectivity index (χ1n) is 10.0. The average molecular weight is 496 g/mol. The van der Waals surface area contributed by atoms with Gasteiger partial charge in [-0.2, -0.15) is 8.42 Å². The number of nitrogens with one attached hydrogen (secondary N) is 3. The zero-order chi connectivity index (χ0) is 22.9. The van der Waals surface area contributed by atoms with E-state index in [1.54, 1.807) is 13.2 Å². The van der Waals surface area contributed by atoms with E-state index < -0.39 is 10.1 Å². The highest BCUT2D eigenvalue weighted by Crippen LogP contribution is 2.43.